The third-order valence-electron chi connectivity index (χ3n) is 2.85. The van der Waals surface area contributed by atoms with Crippen molar-refractivity contribution in [2.45, 2.75) is 26.4 Å². The molecule has 96 valence electrons. The predicted molar refractivity (Wildman–Crippen MR) is 64.3 cm³/mol. The topological polar surface area (TPSA) is 60.9 Å². The first-order valence-corrected chi connectivity index (χ1v) is 5.56. The van der Waals surface area contributed by atoms with Gasteiger partial charge in [-0.05, 0) is 34.9 Å². The lowest BCUT2D eigenvalue weighted by atomic mass is 10.1. The lowest BCUT2D eigenvalue weighted by molar-refractivity contribution is -0.141. The van der Waals surface area contributed by atoms with E-state index in [1.807, 2.05) is 19.0 Å². The van der Waals surface area contributed by atoms with Crippen LogP contribution in [0.4, 0.5) is 0 Å². The van der Waals surface area contributed by atoms with Gasteiger partial charge in [0.15, 0.2) is 0 Å². The van der Waals surface area contributed by atoms with Crippen molar-refractivity contribution in [2.75, 3.05) is 27.2 Å². The van der Waals surface area contributed by atoms with E-state index >= 15 is 0 Å². The number of β-amino-alcohol motifs (C(OH)–C–C–N with tert-alkyl or cyclic N) is 1. The fraction of sp³-hybridized carbons (Fsp3) is 0.667. The predicted octanol–water partition coefficient (Wildman–Crippen LogP) is 0.00420. The summed E-state index contributed by atoms with van der Waals surface area (Å²) in [7, 11) is 3.66. The van der Waals surface area contributed by atoms with Crippen LogP contribution in [-0.2, 0) is 9.59 Å². The number of hydrogen-bond donors (Lipinski definition) is 1. The third-order valence-corrected chi connectivity index (χ3v) is 2.85. The van der Waals surface area contributed by atoms with E-state index in [0.29, 0.717) is 17.7 Å². The molecule has 1 aliphatic heterocycles. The van der Waals surface area contributed by atoms with Gasteiger partial charge in [0.2, 0.25) is 0 Å². The molecule has 1 N–H and O–H groups in total. The summed E-state index contributed by atoms with van der Waals surface area (Å²) in [6.45, 7) is 5.31. The number of nitrogens with zero attached hydrogens (tertiary/aromatic N) is 2. The van der Waals surface area contributed by atoms with E-state index in [2.05, 4.69) is 0 Å². The lowest BCUT2D eigenvalue weighted by Gasteiger charge is -2.30. The Morgan fingerprint density at radius 1 is 1.18 bits per heavy atom. The van der Waals surface area contributed by atoms with Gasteiger partial charge in [-0.3, -0.25) is 14.5 Å². The van der Waals surface area contributed by atoms with Gasteiger partial charge in [0.05, 0.1) is 12.1 Å². The Balaban J connectivity index is 2.79. The van der Waals surface area contributed by atoms with Gasteiger partial charge >= 0.3 is 0 Å². The zero-order valence-corrected chi connectivity index (χ0v) is 11.1. The zero-order chi connectivity index (χ0) is 13.4. The first kappa shape index (κ1) is 13.9. The molecule has 0 aromatic rings. The van der Waals surface area contributed by atoms with Crippen molar-refractivity contribution in [3.63, 3.8) is 0 Å². The van der Waals surface area contributed by atoms with Gasteiger partial charge in [0.1, 0.15) is 0 Å². The molecular weight excluding hydrogens is 220 g/mol. The van der Waals surface area contributed by atoms with Crippen molar-refractivity contribution < 1.29 is 14.7 Å². The number of hydrogen-bond acceptors (Lipinski definition) is 4. The van der Waals surface area contributed by atoms with Crippen LogP contribution < -0.4 is 0 Å². The molecule has 0 radical (unpaired) electrons. The Labute approximate surface area is 102 Å². The molecule has 1 rings (SSSR count). The summed E-state index contributed by atoms with van der Waals surface area (Å²) in [5.41, 5.74) is -0.161. The lowest BCUT2D eigenvalue weighted by Crippen LogP contribution is -2.49. The van der Waals surface area contributed by atoms with Crippen molar-refractivity contribution in [1.29, 1.82) is 0 Å². The van der Waals surface area contributed by atoms with E-state index in [9.17, 15) is 14.7 Å². The molecule has 0 aliphatic carbocycles. The summed E-state index contributed by atoms with van der Waals surface area (Å²) in [6.07, 6.45) is 0. The molecule has 0 aromatic carbocycles. The Bertz CT molecular complexity index is 359. The summed E-state index contributed by atoms with van der Waals surface area (Å²) < 4.78 is 0. The molecule has 1 atom stereocenters. The summed E-state index contributed by atoms with van der Waals surface area (Å²) >= 11 is 0. The second-order valence-corrected chi connectivity index (χ2v) is 5.18. The number of carbonyl (C=O) groups excluding carboxylic acids is 2. The van der Waals surface area contributed by atoms with Crippen LogP contribution in [0.15, 0.2) is 11.1 Å². The second kappa shape index (κ2) is 4.58. The van der Waals surface area contributed by atoms with Crippen LogP contribution in [-0.4, -0.2) is 59.5 Å². The van der Waals surface area contributed by atoms with Crippen LogP contribution in [0.25, 0.3) is 0 Å². The van der Waals surface area contributed by atoms with Gasteiger partial charge in [-0.15, -0.1) is 0 Å². The average molecular weight is 240 g/mol. The molecule has 17 heavy (non-hydrogen) atoms. The maximum atomic E-state index is 11.8. The number of imide groups is 1. The van der Waals surface area contributed by atoms with E-state index < -0.39 is 5.60 Å². The van der Waals surface area contributed by atoms with Crippen molar-refractivity contribution >= 4 is 11.8 Å². The Morgan fingerprint density at radius 2 is 1.59 bits per heavy atom. The van der Waals surface area contributed by atoms with Crippen molar-refractivity contribution in [2.24, 2.45) is 0 Å². The summed E-state index contributed by atoms with van der Waals surface area (Å²) in [5, 5.41) is 10.1. The minimum Gasteiger partial charge on any atom is -0.387 e. The monoisotopic (exact) mass is 240 g/mol. The second-order valence-electron chi connectivity index (χ2n) is 5.18. The molecule has 1 heterocycles. The smallest absolute Gasteiger partial charge is 0.256 e. The third kappa shape index (κ3) is 2.92. The van der Waals surface area contributed by atoms with Gasteiger partial charge in [-0.2, -0.15) is 0 Å². The molecule has 0 aromatic heterocycles. The van der Waals surface area contributed by atoms with Crippen LogP contribution >= 0.6 is 0 Å². The molecule has 1 unspecified atom stereocenters. The van der Waals surface area contributed by atoms with Crippen LogP contribution in [0, 0.1) is 0 Å². The highest BCUT2D eigenvalue weighted by atomic mass is 16.3. The summed E-state index contributed by atoms with van der Waals surface area (Å²) in [5.74, 6) is -0.599. The summed E-state index contributed by atoms with van der Waals surface area (Å²) in [6, 6.07) is 0. The van der Waals surface area contributed by atoms with Gasteiger partial charge in [-0.25, -0.2) is 0 Å². The number of amides is 2. The number of rotatable bonds is 4. The van der Waals surface area contributed by atoms with Crippen LogP contribution in [0.5, 0.6) is 0 Å². The fourth-order valence-electron chi connectivity index (χ4n) is 2.03. The van der Waals surface area contributed by atoms with Crippen molar-refractivity contribution in [3.8, 4) is 0 Å². The molecule has 0 fully saturated rings. The largest absolute Gasteiger partial charge is 0.387 e. The van der Waals surface area contributed by atoms with Gasteiger partial charge in [0, 0.05) is 17.7 Å². The molecule has 0 bridgehead atoms. The first-order chi connectivity index (χ1) is 7.65. The molecule has 1 aliphatic rings. The quantitative estimate of drug-likeness (QED) is 0.703. The van der Waals surface area contributed by atoms with Crippen LogP contribution in [0.1, 0.15) is 20.8 Å². The molecule has 2 amide bonds. The molecule has 0 saturated carbocycles. The number of carbonyl (C=O) groups is 2. The molecule has 5 nitrogen and oxygen atoms in total. The average Bonchev–Trinajstić information content (AvgIpc) is 2.33. The molecular formula is C12H20N2O3. The van der Waals surface area contributed by atoms with E-state index in [1.165, 1.54) is 0 Å². The Kier molecular flexibility index (Phi) is 3.74. The minimum atomic E-state index is -1.10. The molecule has 0 spiro atoms. The fourth-order valence-corrected chi connectivity index (χ4v) is 2.03. The maximum absolute atomic E-state index is 11.8. The minimum absolute atomic E-state index is 0.0253. The van der Waals surface area contributed by atoms with Gasteiger partial charge in [-0.1, -0.05) is 0 Å². The highest BCUT2D eigenvalue weighted by Crippen LogP contribution is 2.22. The van der Waals surface area contributed by atoms with Crippen molar-refractivity contribution in [1.82, 2.24) is 9.80 Å². The van der Waals surface area contributed by atoms with Crippen LogP contribution in [0.2, 0.25) is 0 Å². The van der Waals surface area contributed by atoms with E-state index in [0.717, 1.165) is 4.90 Å². The van der Waals surface area contributed by atoms with Gasteiger partial charge in [0.25, 0.3) is 11.8 Å². The highest BCUT2D eigenvalue weighted by Gasteiger charge is 2.37. The van der Waals surface area contributed by atoms with E-state index in [1.54, 1.807) is 20.8 Å². The SMILES string of the molecule is CC1=C(C)C(=O)N(CC(C)(O)CN(C)C)C1=O. The van der Waals surface area contributed by atoms with E-state index in [4.69, 9.17) is 0 Å². The Hall–Kier alpha value is -1.20. The standard InChI is InChI=1S/C12H20N2O3/c1-8-9(2)11(16)14(10(8)15)7-12(3,17)6-13(4)5/h17H,6-7H2,1-5H3. The van der Waals surface area contributed by atoms with Crippen LogP contribution in [0.3, 0.4) is 0 Å². The number of likely N-dealkylation sites (N-methyl/N-ethyl adjacent to an activating group) is 1. The first-order valence-electron chi connectivity index (χ1n) is 5.56. The number of aliphatic hydroxyl groups is 1. The van der Waals surface area contributed by atoms with E-state index in [-0.39, 0.29) is 18.4 Å². The summed E-state index contributed by atoms with van der Waals surface area (Å²) in [4.78, 5) is 26.6. The zero-order valence-electron chi connectivity index (χ0n) is 11.1. The normalized spacial score (nSPS) is 20.5. The Morgan fingerprint density at radius 3 is 1.94 bits per heavy atom. The maximum Gasteiger partial charge on any atom is 0.256 e. The molecule has 5 heteroatoms. The molecule has 0 saturated heterocycles. The van der Waals surface area contributed by atoms with Gasteiger partial charge < -0.3 is 10.0 Å². The highest BCUT2D eigenvalue weighted by molar-refractivity contribution is 6.18. The van der Waals surface area contributed by atoms with Crippen molar-refractivity contribution in [3.05, 3.63) is 11.1 Å².